The van der Waals surface area contributed by atoms with E-state index in [0.29, 0.717) is 10.2 Å². The van der Waals surface area contributed by atoms with Gasteiger partial charge >= 0.3 is 0 Å². The molecule has 0 atom stereocenters. The van der Waals surface area contributed by atoms with Crippen LogP contribution in [0.25, 0.3) is 0 Å². The average molecular weight is 382 g/mol. The number of aromatic nitrogens is 1. The van der Waals surface area contributed by atoms with Crippen LogP contribution in [0, 0.1) is 10.1 Å². The molecule has 2 rings (SSSR count). The highest BCUT2D eigenvalue weighted by atomic mass is 79.9. The third-order valence-corrected chi connectivity index (χ3v) is 3.37. The quantitative estimate of drug-likeness (QED) is 0.473. The zero-order valence-corrected chi connectivity index (χ0v) is 13.4. The summed E-state index contributed by atoms with van der Waals surface area (Å²) < 4.78 is 0.685. The van der Waals surface area contributed by atoms with Crippen LogP contribution in [0.2, 0.25) is 0 Å². The summed E-state index contributed by atoms with van der Waals surface area (Å²) >= 11 is 3.19. The van der Waals surface area contributed by atoms with E-state index >= 15 is 0 Å². The lowest BCUT2D eigenvalue weighted by atomic mass is 10.1. The maximum Gasteiger partial charge on any atom is 0.286 e. The van der Waals surface area contributed by atoms with Crippen LogP contribution < -0.4 is 16.2 Å². The number of hydrogen-bond acceptors (Lipinski definition) is 5. The lowest BCUT2D eigenvalue weighted by molar-refractivity contribution is -0.384. The van der Waals surface area contributed by atoms with Gasteiger partial charge in [-0.05, 0) is 28.1 Å². The highest BCUT2D eigenvalue weighted by molar-refractivity contribution is 9.10. The predicted molar refractivity (Wildman–Crippen MR) is 86.1 cm³/mol. The number of halogens is 1. The minimum Gasteiger partial charge on any atom is -0.387 e. The van der Waals surface area contributed by atoms with Gasteiger partial charge in [-0.25, -0.2) is 0 Å². The van der Waals surface area contributed by atoms with Gasteiger partial charge < -0.3 is 10.3 Å². The SMILES string of the molecule is CNc1ccc([N+](=O)[O-])cc1C(=O)NNC(=O)c1cc(Br)c[nH]1. The molecular weight excluding hydrogens is 370 g/mol. The third kappa shape index (κ3) is 3.86. The summed E-state index contributed by atoms with van der Waals surface area (Å²) in [6, 6.07) is 5.35. The van der Waals surface area contributed by atoms with Crippen molar-refractivity contribution in [3.05, 3.63) is 56.3 Å². The molecule has 0 aliphatic heterocycles. The first-order chi connectivity index (χ1) is 10.9. The zero-order chi connectivity index (χ0) is 17.0. The Morgan fingerprint density at radius 3 is 2.48 bits per heavy atom. The Kier molecular flexibility index (Phi) is 4.96. The summed E-state index contributed by atoms with van der Waals surface area (Å²) in [5.41, 5.74) is 4.88. The van der Waals surface area contributed by atoms with Crippen molar-refractivity contribution in [2.75, 3.05) is 12.4 Å². The number of benzene rings is 1. The third-order valence-electron chi connectivity index (χ3n) is 2.91. The summed E-state index contributed by atoms with van der Waals surface area (Å²) in [4.78, 5) is 36.9. The maximum absolute atomic E-state index is 12.1. The van der Waals surface area contributed by atoms with Crippen LogP contribution in [0.1, 0.15) is 20.8 Å². The van der Waals surface area contributed by atoms with E-state index in [2.05, 4.69) is 37.1 Å². The van der Waals surface area contributed by atoms with Gasteiger partial charge in [-0.15, -0.1) is 0 Å². The number of hydrogen-bond donors (Lipinski definition) is 4. The second-order valence-electron chi connectivity index (χ2n) is 4.38. The Balaban J connectivity index is 2.12. The predicted octanol–water partition coefficient (Wildman–Crippen LogP) is 1.80. The number of anilines is 1. The molecule has 0 radical (unpaired) electrons. The second-order valence-corrected chi connectivity index (χ2v) is 5.29. The second kappa shape index (κ2) is 6.92. The summed E-state index contributed by atoms with van der Waals surface area (Å²) in [7, 11) is 1.58. The Hall–Kier alpha value is -2.88. The molecule has 9 nitrogen and oxygen atoms in total. The fraction of sp³-hybridized carbons (Fsp3) is 0.0769. The summed E-state index contributed by atoms with van der Waals surface area (Å²) in [6.45, 7) is 0. The number of non-ortho nitro benzene ring substituents is 1. The number of hydrazine groups is 1. The number of nitro benzene ring substituents is 1. The van der Waals surface area contributed by atoms with Crippen LogP contribution >= 0.6 is 15.9 Å². The van der Waals surface area contributed by atoms with E-state index in [9.17, 15) is 19.7 Å². The molecule has 23 heavy (non-hydrogen) atoms. The van der Waals surface area contributed by atoms with Crippen molar-refractivity contribution in [2.24, 2.45) is 0 Å². The van der Waals surface area contributed by atoms with E-state index in [0.717, 1.165) is 6.07 Å². The summed E-state index contributed by atoms with van der Waals surface area (Å²) in [5, 5.41) is 13.6. The van der Waals surface area contributed by atoms with E-state index < -0.39 is 16.7 Å². The molecule has 4 N–H and O–H groups in total. The number of amides is 2. The number of nitro groups is 1. The molecule has 0 aliphatic rings. The Bertz CT molecular complexity index is 773. The number of nitrogens with zero attached hydrogens (tertiary/aromatic N) is 1. The topological polar surface area (TPSA) is 129 Å². The smallest absolute Gasteiger partial charge is 0.286 e. The van der Waals surface area contributed by atoms with Gasteiger partial charge in [-0.1, -0.05) is 0 Å². The van der Waals surface area contributed by atoms with E-state index in [1.165, 1.54) is 18.2 Å². The van der Waals surface area contributed by atoms with Crippen LogP contribution in [-0.2, 0) is 0 Å². The maximum atomic E-state index is 12.1. The molecule has 2 aromatic rings. The van der Waals surface area contributed by atoms with Crippen LogP contribution in [0.3, 0.4) is 0 Å². The normalized spacial score (nSPS) is 10.0. The summed E-state index contributed by atoms with van der Waals surface area (Å²) in [6.07, 6.45) is 1.57. The van der Waals surface area contributed by atoms with Crippen LogP contribution in [-0.4, -0.2) is 28.8 Å². The molecule has 0 saturated carbocycles. The van der Waals surface area contributed by atoms with Crippen molar-refractivity contribution in [3.8, 4) is 0 Å². The monoisotopic (exact) mass is 381 g/mol. The summed E-state index contributed by atoms with van der Waals surface area (Å²) in [5.74, 6) is -1.24. The first-order valence-corrected chi connectivity index (χ1v) is 7.12. The van der Waals surface area contributed by atoms with Gasteiger partial charge in [-0.2, -0.15) is 0 Å². The van der Waals surface area contributed by atoms with E-state index in [4.69, 9.17) is 0 Å². The minimum absolute atomic E-state index is 0.0367. The molecule has 0 spiro atoms. The van der Waals surface area contributed by atoms with E-state index in [1.54, 1.807) is 13.2 Å². The molecule has 1 aromatic carbocycles. The number of aromatic amines is 1. The molecule has 0 aliphatic carbocycles. The van der Waals surface area contributed by atoms with Gasteiger partial charge in [-0.3, -0.25) is 30.6 Å². The highest BCUT2D eigenvalue weighted by Gasteiger charge is 2.17. The fourth-order valence-corrected chi connectivity index (χ4v) is 2.14. The number of H-pyrrole nitrogens is 1. The van der Waals surface area contributed by atoms with E-state index in [1.807, 2.05) is 0 Å². The lowest BCUT2D eigenvalue weighted by Crippen LogP contribution is -2.42. The van der Waals surface area contributed by atoms with Gasteiger partial charge in [0.25, 0.3) is 17.5 Å². The molecule has 120 valence electrons. The number of carbonyl (C=O) groups is 2. The van der Waals surface area contributed by atoms with Gasteiger partial charge in [0.05, 0.1) is 10.5 Å². The largest absolute Gasteiger partial charge is 0.387 e. The van der Waals surface area contributed by atoms with Gasteiger partial charge in [0.1, 0.15) is 5.69 Å². The van der Waals surface area contributed by atoms with Crippen molar-refractivity contribution in [2.45, 2.75) is 0 Å². The van der Waals surface area contributed by atoms with Crippen molar-refractivity contribution in [3.63, 3.8) is 0 Å². The van der Waals surface area contributed by atoms with Crippen molar-refractivity contribution >= 4 is 39.1 Å². The highest BCUT2D eigenvalue weighted by Crippen LogP contribution is 2.21. The minimum atomic E-state index is -0.683. The Morgan fingerprint density at radius 2 is 1.91 bits per heavy atom. The average Bonchev–Trinajstić information content (AvgIpc) is 2.98. The molecule has 0 saturated heterocycles. The fourth-order valence-electron chi connectivity index (χ4n) is 1.80. The molecular formula is C13H12BrN5O4. The van der Waals surface area contributed by atoms with Gasteiger partial charge in [0.15, 0.2) is 0 Å². The lowest BCUT2D eigenvalue weighted by Gasteiger charge is -2.10. The Labute approximate surface area is 138 Å². The molecule has 1 aromatic heterocycles. The number of nitrogens with one attached hydrogen (secondary N) is 4. The number of carbonyl (C=O) groups excluding carboxylic acids is 2. The first kappa shape index (κ1) is 16.5. The molecule has 0 unspecified atom stereocenters. The van der Waals surface area contributed by atoms with Crippen LogP contribution in [0.4, 0.5) is 11.4 Å². The van der Waals surface area contributed by atoms with Crippen LogP contribution in [0.15, 0.2) is 34.9 Å². The van der Waals surface area contributed by atoms with Crippen LogP contribution in [0.5, 0.6) is 0 Å². The van der Waals surface area contributed by atoms with Gasteiger partial charge in [0, 0.05) is 35.5 Å². The Morgan fingerprint density at radius 1 is 1.22 bits per heavy atom. The molecule has 0 fully saturated rings. The zero-order valence-electron chi connectivity index (χ0n) is 11.8. The molecule has 10 heteroatoms. The first-order valence-electron chi connectivity index (χ1n) is 6.33. The molecule has 2 amide bonds. The van der Waals surface area contributed by atoms with Gasteiger partial charge in [0.2, 0.25) is 0 Å². The molecule has 0 bridgehead atoms. The van der Waals surface area contributed by atoms with Crippen molar-refractivity contribution in [1.29, 1.82) is 0 Å². The van der Waals surface area contributed by atoms with Crippen molar-refractivity contribution < 1.29 is 14.5 Å². The molecule has 1 heterocycles. The standard InChI is InChI=1S/C13H12BrN5O4/c1-15-10-3-2-8(19(22)23)5-9(10)12(20)17-18-13(21)11-4-7(14)6-16-11/h2-6,15-16H,1H3,(H,17,20)(H,18,21). The van der Waals surface area contributed by atoms with Crippen molar-refractivity contribution in [1.82, 2.24) is 15.8 Å². The number of rotatable bonds is 4. The van der Waals surface area contributed by atoms with E-state index in [-0.39, 0.29) is 16.9 Å².